The molecule has 2 aromatic carbocycles. The molecular weight excluding hydrogens is 578 g/mol. The molecule has 3 aromatic rings. The smallest absolute Gasteiger partial charge is 0.410 e. The number of carbonyl (C=O) groups excluding carboxylic acids is 1. The van der Waals surface area contributed by atoms with Gasteiger partial charge in [-0.1, -0.05) is 43.9 Å². The van der Waals surface area contributed by atoms with Crippen LogP contribution in [0.5, 0.6) is 0 Å². The van der Waals surface area contributed by atoms with Gasteiger partial charge in [0.15, 0.2) is 0 Å². The van der Waals surface area contributed by atoms with Crippen LogP contribution < -0.4 is 5.56 Å². The third-order valence-electron chi connectivity index (χ3n) is 9.61. The molecule has 2 heterocycles. The van der Waals surface area contributed by atoms with E-state index in [1.165, 1.54) is 43.2 Å². The molecule has 41 heavy (non-hydrogen) atoms. The van der Waals surface area contributed by atoms with Gasteiger partial charge < -0.3 is 9.64 Å². The maximum atomic E-state index is 13.2. The van der Waals surface area contributed by atoms with Gasteiger partial charge in [0.05, 0.1) is 16.6 Å². The van der Waals surface area contributed by atoms with Crippen LogP contribution in [0.1, 0.15) is 114 Å². The number of aromatic nitrogens is 2. The van der Waals surface area contributed by atoms with E-state index in [2.05, 4.69) is 38.7 Å². The fourth-order valence-corrected chi connectivity index (χ4v) is 7.97. The highest BCUT2D eigenvalue weighted by molar-refractivity contribution is 9.10. The van der Waals surface area contributed by atoms with Crippen LogP contribution >= 0.6 is 15.9 Å². The maximum absolute atomic E-state index is 13.2. The van der Waals surface area contributed by atoms with Crippen LogP contribution in [0.15, 0.2) is 45.7 Å². The van der Waals surface area contributed by atoms with Crippen molar-refractivity contribution in [3.8, 4) is 5.69 Å². The number of amides is 1. The van der Waals surface area contributed by atoms with Crippen molar-refractivity contribution < 1.29 is 9.53 Å². The summed E-state index contributed by atoms with van der Waals surface area (Å²) in [4.78, 5) is 32.4. The number of rotatable bonds is 5. The zero-order valence-corrected chi connectivity index (χ0v) is 26.4. The molecule has 1 aliphatic heterocycles. The van der Waals surface area contributed by atoms with Crippen LogP contribution in [0.2, 0.25) is 0 Å². The Hall–Kier alpha value is -2.67. The predicted octanol–water partition coefficient (Wildman–Crippen LogP) is 8.46. The number of fused-ring (bicyclic) bond motifs is 5. The SMILES string of the molecule is CN(C(=O)OC(C)(C)C)C1CCC(c2ccc3c(c2)C(CCC2CCCC2)c2nc(=O)c4c(Br)cccc4n2-3)CC1. The average molecular weight is 621 g/mol. The van der Waals surface area contributed by atoms with Gasteiger partial charge in [-0.05, 0) is 116 Å². The van der Waals surface area contributed by atoms with Crippen LogP contribution in [0.4, 0.5) is 4.79 Å². The zero-order chi connectivity index (χ0) is 28.9. The number of ether oxygens (including phenoxy) is 1. The average Bonchev–Trinajstić information content (AvgIpc) is 3.56. The lowest BCUT2D eigenvalue weighted by Crippen LogP contribution is -2.42. The molecular formula is C34H42BrN3O3. The summed E-state index contributed by atoms with van der Waals surface area (Å²) in [6.45, 7) is 5.74. The van der Waals surface area contributed by atoms with E-state index >= 15 is 0 Å². The normalized spacial score (nSPS) is 22.5. The van der Waals surface area contributed by atoms with E-state index in [9.17, 15) is 9.59 Å². The standard InChI is InChI=1S/C34H42BrN3O3/c1-34(2,3)41-33(40)37(4)24-16-13-22(14-17-24)23-15-19-28-26(20-23)25(18-12-21-8-5-6-9-21)31-36-32(39)30-27(35)10-7-11-29(30)38(28)31/h7,10-11,15,19-22,24-25H,5-6,8-9,12-14,16-18H2,1-4H3. The van der Waals surface area contributed by atoms with Gasteiger partial charge in [0.25, 0.3) is 5.56 Å². The number of carbonyl (C=O) groups is 1. The second-order valence-electron chi connectivity index (χ2n) is 13.4. The Balaban J connectivity index is 1.28. The Morgan fingerprint density at radius 3 is 2.49 bits per heavy atom. The lowest BCUT2D eigenvalue weighted by molar-refractivity contribution is 0.0183. The summed E-state index contributed by atoms with van der Waals surface area (Å²) in [7, 11) is 1.87. The summed E-state index contributed by atoms with van der Waals surface area (Å²) in [5.41, 5.74) is 4.14. The van der Waals surface area contributed by atoms with Gasteiger partial charge in [0.1, 0.15) is 11.4 Å². The van der Waals surface area contributed by atoms with Crippen LogP contribution in [0, 0.1) is 5.92 Å². The number of nitrogens with zero attached hydrogens (tertiary/aromatic N) is 3. The van der Waals surface area contributed by atoms with Gasteiger partial charge in [0, 0.05) is 23.5 Å². The van der Waals surface area contributed by atoms with Crippen LogP contribution in [-0.4, -0.2) is 39.2 Å². The molecule has 218 valence electrons. The van der Waals surface area contributed by atoms with E-state index in [4.69, 9.17) is 9.72 Å². The van der Waals surface area contributed by atoms with E-state index in [-0.39, 0.29) is 23.6 Å². The van der Waals surface area contributed by atoms with E-state index in [1.54, 1.807) is 4.90 Å². The first-order valence-corrected chi connectivity index (χ1v) is 16.2. The molecule has 1 amide bonds. The van der Waals surface area contributed by atoms with Gasteiger partial charge in [0.2, 0.25) is 0 Å². The highest BCUT2D eigenvalue weighted by Gasteiger charge is 2.35. The lowest BCUT2D eigenvalue weighted by atomic mass is 9.80. The largest absolute Gasteiger partial charge is 0.444 e. The molecule has 0 radical (unpaired) electrons. The quantitative estimate of drug-likeness (QED) is 0.287. The summed E-state index contributed by atoms with van der Waals surface area (Å²) >= 11 is 3.60. The predicted molar refractivity (Wildman–Crippen MR) is 167 cm³/mol. The Morgan fingerprint density at radius 1 is 1.05 bits per heavy atom. The summed E-state index contributed by atoms with van der Waals surface area (Å²) in [6, 6.07) is 13.1. The van der Waals surface area contributed by atoms with Crippen molar-refractivity contribution in [2.45, 2.75) is 108 Å². The highest BCUT2D eigenvalue weighted by Crippen LogP contribution is 2.45. The third-order valence-corrected chi connectivity index (χ3v) is 10.3. The molecule has 6 nitrogen and oxygen atoms in total. The molecule has 6 rings (SSSR count). The number of hydrogen-bond acceptors (Lipinski definition) is 4. The molecule has 3 aliphatic rings. The van der Waals surface area contributed by atoms with Gasteiger partial charge in [-0.3, -0.25) is 9.36 Å². The molecule has 2 fully saturated rings. The summed E-state index contributed by atoms with van der Waals surface area (Å²) in [5, 5.41) is 0.648. The first-order chi connectivity index (χ1) is 19.6. The Labute approximate surface area is 251 Å². The first-order valence-electron chi connectivity index (χ1n) is 15.4. The molecule has 0 N–H and O–H groups in total. The molecule has 0 bridgehead atoms. The van der Waals surface area contributed by atoms with Gasteiger partial charge >= 0.3 is 6.09 Å². The zero-order valence-electron chi connectivity index (χ0n) is 24.8. The van der Waals surface area contributed by atoms with Crippen molar-refractivity contribution >= 4 is 32.9 Å². The molecule has 0 saturated heterocycles. The van der Waals surface area contributed by atoms with Crippen molar-refractivity contribution in [3.63, 3.8) is 0 Å². The molecule has 2 saturated carbocycles. The Morgan fingerprint density at radius 2 is 1.78 bits per heavy atom. The molecule has 1 aromatic heterocycles. The lowest BCUT2D eigenvalue weighted by Gasteiger charge is -2.35. The minimum Gasteiger partial charge on any atom is -0.444 e. The molecule has 7 heteroatoms. The third kappa shape index (κ3) is 5.59. The Kier molecular flexibility index (Phi) is 7.77. The van der Waals surface area contributed by atoms with Crippen molar-refractivity contribution in [2.75, 3.05) is 7.05 Å². The monoisotopic (exact) mass is 619 g/mol. The summed E-state index contributed by atoms with van der Waals surface area (Å²) in [5.74, 6) is 2.28. The second kappa shape index (κ2) is 11.2. The Bertz CT molecular complexity index is 1510. The van der Waals surface area contributed by atoms with Crippen LogP contribution in [0.25, 0.3) is 16.6 Å². The van der Waals surface area contributed by atoms with Crippen molar-refractivity contribution in [2.24, 2.45) is 5.92 Å². The number of hydrogen-bond donors (Lipinski definition) is 0. The fraction of sp³-hybridized carbons (Fsp3) is 0.559. The van der Waals surface area contributed by atoms with Gasteiger partial charge in [-0.15, -0.1) is 0 Å². The number of halogens is 1. The summed E-state index contributed by atoms with van der Waals surface area (Å²) in [6.07, 6.45) is 11.3. The van der Waals surface area contributed by atoms with E-state index < -0.39 is 5.60 Å². The van der Waals surface area contributed by atoms with Crippen molar-refractivity contribution in [1.82, 2.24) is 14.5 Å². The highest BCUT2D eigenvalue weighted by atomic mass is 79.9. The van der Waals surface area contributed by atoms with Gasteiger partial charge in [-0.2, -0.15) is 4.98 Å². The molecule has 1 unspecified atom stereocenters. The number of benzene rings is 2. The van der Waals surface area contributed by atoms with Crippen molar-refractivity contribution in [3.05, 3.63) is 68.2 Å². The minimum atomic E-state index is -0.486. The van der Waals surface area contributed by atoms with E-state index in [0.29, 0.717) is 11.3 Å². The molecule has 1 atom stereocenters. The molecule has 2 aliphatic carbocycles. The van der Waals surface area contributed by atoms with Gasteiger partial charge in [-0.25, -0.2) is 4.79 Å². The fourth-order valence-electron chi connectivity index (χ4n) is 7.45. The van der Waals surface area contributed by atoms with Crippen LogP contribution in [0.3, 0.4) is 0 Å². The summed E-state index contributed by atoms with van der Waals surface area (Å²) < 4.78 is 8.65. The minimum absolute atomic E-state index is 0.135. The van der Waals surface area contributed by atoms with E-state index in [0.717, 1.165) is 59.5 Å². The van der Waals surface area contributed by atoms with E-state index in [1.807, 2.05) is 46.0 Å². The maximum Gasteiger partial charge on any atom is 0.410 e. The second-order valence-corrected chi connectivity index (χ2v) is 14.3. The van der Waals surface area contributed by atoms with Crippen molar-refractivity contribution in [1.29, 1.82) is 0 Å². The van der Waals surface area contributed by atoms with Crippen LogP contribution in [-0.2, 0) is 4.74 Å². The topological polar surface area (TPSA) is 64.4 Å². The molecule has 0 spiro atoms. The first kappa shape index (κ1) is 28.4.